The number of H-pyrrole nitrogens is 1. The van der Waals surface area contributed by atoms with E-state index in [0.717, 1.165) is 16.3 Å². The monoisotopic (exact) mass is 344 g/mol. The molecule has 3 aromatic carbocycles. The Balaban J connectivity index is 1.74. The Bertz CT molecular complexity index is 1130. The topological polar surface area (TPSA) is 56.3 Å². The number of aromatic hydroxyl groups is 1. The average molecular weight is 344 g/mol. The lowest BCUT2D eigenvalue weighted by Crippen LogP contribution is -2.23. The molecule has 0 saturated heterocycles. The van der Waals surface area contributed by atoms with E-state index in [1.807, 2.05) is 78.7 Å². The van der Waals surface area contributed by atoms with E-state index in [9.17, 15) is 9.90 Å². The van der Waals surface area contributed by atoms with Crippen LogP contribution in [0.1, 0.15) is 11.1 Å². The fraction of sp³-hybridized carbons (Fsp3) is 0.136. The molecule has 0 atom stereocenters. The zero-order valence-corrected chi connectivity index (χ0v) is 14.6. The molecule has 130 valence electrons. The first kappa shape index (κ1) is 16.4. The third-order valence-electron chi connectivity index (χ3n) is 4.71. The quantitative estimate of drug-likeness (QED) is 0.550. The normalized spacial score (nSPS) is 11.5. The number of hydrogen-bond donors (Lipinski definition) is 2. The van der Waals surface area contributed by atoms with Crippen molar-refractivity contribution in [3.05, 3.63) is 88.2 Å². The number of rotatable bonds is 4. The fourth-order valence-corrected chi connectivity index (χ4v) is 3.43. The van der Waals surface area contributed by atoms with Gasteiger partial charge in [-0.15, -0.1) is 0 Å². The predicted molar refractivity (Wildman–Crippen MR) is 105 cm³/mol. The molecule has 1 heterocycles. The van der Waals surface area contributed by atoms with Crippen molar-refractivity contribution in [3.8, 4) is 5.75 Å². The Labute approximate surface area is 151 Å². The van der Waals surface area contributed by atoms with Crippen molar-refractivity contribution in [2.24, 2.45) is 0 Å². The number of aromatic nitrogens is 1. The van der Waals surface area contributed by atoms with Crippen LogP contribution >= 0.6 is 0 Å². The fourth-order valence-electron chi connectivity index (χ4n) is 3.43. The van der Waals surface area contributed by atoms with Crippen molar-refractivity contribution in [2.75, 3.05) is 7.05 Å². The SMILES string of the molecule is CN(Cc1ccccc1)Cc1c(O)c2ccc3ccccc3c2[nH]c1=O. The standard InChI is InChI=1S/C22H20N2O2/c1-24(13-15-7-3-2-4-8-15)14-19-21(25)18-12-11-16-9-5-6-10-17(16)20(18)23-22(19)26/h2-12H,13-14H2,1H3,(H2,23,25,26). The molecule has 0 saturated carbocycles. The van der Waals surface area contributed by atoms with E-state index in [0.29, 0.717) is 29.6 Å². The number of benzene rings is 3. The molecule has 0 aliphatic rings. The molecular weight excluding hydrogens is 324 g/mol. The van der Waals surface area contributed by atoms with Gasteiger partial charge in [0, 0.05) is 23.9 Å². The van der Waals surface area contributed by atoms with Crippen molar-refractivity contribution >= 4 is 21.7 Å². The first-order valence-corrected chi connectivity index (χ1v) is 8.61. The van der Waals surface area contributed by atoms with Gasteiger partial charge in [-0.3, -0.25) is 9.69 Å². The van der Waals surface area contributed by atoms with E-state index in [2.05, 4.69) is 4.98 Å². The van der Waals surface area contributed by atoms with Crippen molar-refractivity contribution in [1.82, 2.24) is 9.88 Å². The van der Waals surface area contributed by atoms with E-state index in [1.165, 1.54) is 0 Å². The van der Waals surface area contributed by atoms with Gasteiger partial charge < -0.3 is 10.1 Å². The zero-order valence-electron chi connectivity index (χ0n) is 14.6. The largest absolute Gasteiger partial charge is 0.507 e. The van der Waals surface area contributed by atoms with Crippen molar-refractivity contribution < 1.29 is 5.11 Å². The van der Waals surface area contributed by atoms with E-state index in [-0.39, 0.29) is 11.3 Å². The van der Waals surface area contributed by atoms with E-state index in [1.54, 1.807) is 0 Å². The van der Waals surface area contributed by atoms with Gasteiger partial charge in [-0.2, -0.15) is 0 Å². The lowest BCUT2D eigenvalue weighted by Gasteiger charge is -2.18. The Morgan fingerprint density at radius 3 is 2.42 bits per heavy atom. The minimum atomic E-state index is -0.244. The second-order valence-electron chi connectivity index (χ2n) is 6.65. The summed E-state index contributed by atoms with van der Waals surface area (Å²) in [6.07, 6.45) is 0. The summed E-state index contributed by atoms with van der Waals surface area (Å²) in [6, 6.07) is 21.7. The molecule has 0 aliphatic carbocycles. The van der Waals surface area contributed by atoms with Crippen molar-refractivity contribution in [2.45, 2.75) is 13.1 Å². The number of aromatic amines is 1. The lowest BCUT2D eigenvalue weighted by molar-refractivity contribution is 0.311. The summed E-state index contributed by atoms with van der Waals surface area (Å²) in [5.74, 6) is 0.0643. The summed E-state index contributed by atoms with van der Waals surface area (Å²) in [5.41, 5.74) is 2.00. The van der Waals surface area contributed by atoms with Gasteiger partial charge >= 0.3 is 0 Å². The number of nitrogens with zero attached hydrogens (tertiary/aromatic N) is 1. The molecule has 1 aromatic heterocycles. The molecule has 4 rings (SSSR count). The number of nitrogens with one attached hydrogen (secondary N) is 1. The highest BCUT2D eigenvalue weighted by Crippen LogP contribution is 2.30. The third-order valence-corrected chi connectivity index (χ3v) is 4.71. The minimum Gasteiger partial charge on any atom is -0.507 e. The molecule has 0 amide bonds. The van der Waals surface area contributed by atoms with E-state index < -0.39 is 0 Å². The smallest absolute Gasteiger partial charge is 0.256 e. The van der Waals surface area contributed by atoms with Gasteiger partial charge in [0.05, 0.1) is 11.1 Å². The molecule has 4 heteroatoms. The maximum absolute atomic E-state index is 12.6. The van der Waals surface area contributed by atoms with Crippen LogP contribution in [-0.4, -0.2) is 22.0 Å². The van der Waals surface area contributed by atoms with Gasteiger partial charge in [-0.05, 0) is 24.1 Å². The Morgan fingerprint density at radius 1 is 0.885 bits per heavy atom. The van der Waals surface area contributed by atoms with Crippen LogP contribution < -0.4 is 5.56 Å². The number of fused-ring (bicyclic) bond motifs is 3. The van der Waals surface area contributed by atoms with E-state index in [4.69, 9.17) is 0 Å². The first-order chi connectivity index (χ1) is 12.6. The molecule has 2 N–H and O–H groups in total. The van der Waals surface area contributed by atoms with E-state index >= 15 is 0 Å². The average Bonchev–Trinajstić information content (AvgIpc) is 2.66. The van der Waals surface area contributed by atoms with Crippen LogP contribution in [-0.2, 0) is 13.1 Å². The molecule has 0 spiro atoms. The maximum Gasteiger partial charge on any atom is 0.256 e. The van der Waals surface area contributed by atoms with Crippen LogP contribution in [0, 0.1) is 0 Å². The number of hydrogen-bond acceptors (Lipinski definition) is 3. The summed E-state index contributed by atoms with van der Waals surface area (Å²) in [7, 11) is 1.94. The minimum absolute atomic E-state index is 0.0643. The molecule has 0 bridgehead atoms. The second kappa shape index (κ2) is 6.65. The van der Waals surface area contributed by atoms with Crippen LogP contribution in [0.15, 0.2) is 71.5 Å². The van der Waals surface area contributed by atoms with Crippen LogP contribution in [0.3, 0.4) is 0 Å². The van der Waals surface area contributed by atoms with Gasteiger partial charge in [0.25, 0.3) is 5.56 Å². The summed E-state index contributed by atoms with van der Waals surface area (Å²) < 4.78 is 0. The Morgan fingerprint density at radius 2 is 1.62 bits per heavy atom. The number of pyridine rings is 1. The molecule has 26 heavy (non-hydrogen) atoms. The van der Waals surface area contributed by atoms with Gasteiger partial charge in [0.2, 0.25) is 0 Å². The van der Waals surface area contributed by atoms with Gasteiger partial charge in [-0.25, -0.2) is 0 Å². The van der Waals surface area contributed by atoms with Gasteiger partial charge in [0.1, 0.15) is 5.75 Å². The predicted octanol–water partition coefficient (Wildman–Crippen LogP) is 4.02. The highest BCUT2D eigenvalue weighted by molar-refractivity contribution is 6.07. The van der Waals surface area contributed by atoms with Crippen LogP contribution in [0.5, 0.6) is 5.75 Å². The third kappa shape index (κ3) is 2.95. The Hall–Kier alpha value is -3.11. The molecular formula is C22H20N2O2. The second-order valence-corrected chi connectivity index (χ2v) is 6.65. The van der Waals surface area contributed by atoms with Gasteiger partial charge in [-0.1, -0.05) is 60.7 Å². The summed E-state index contributed by atoms with van der Waals surface area (Å²) >= 11 is 0. The van der Waals surface area contributed by atoms with Crippen LogP contribution in [0.25, 0.3) is 21.7 Å². The van der Waals surface area contributed by atoms with Crippen molar-refractivity contribution in [1.29, 1.82) is 0 Å². The van der Waals surface area contributed by atoms with Crippen LogP contribution in [0.2, 0.25) is 0 Å². The highest BCUT2D eigenvalue weighted by atomic mass is 16.3. The summed E-state index contributed by atoms with van der Waals surface area (Å²) in [6.45, 7) is 1.08. The summed E-state index contributed by atoms with van der Waals surface area (Å²) in [4.78, 5) is 17.6. The van der Waals surface area contributed by atoms with Crippen molar-refractivity contribution in [3.63, 3.8) is 0 Å². The molecule has 0 unspecified atom stereocenters. The zero-order chi connectivity index (χ0) is 18.1. The molecule has 0 aliphatic heterocycles. The lowest BCUT2D eigenvalue weighted by atomic mass is 10.0. The molecule has 4 aromatic rings. The van der Waals surface area contributed by atoms with Gasteiger partial charge in [0.15, 0.2) is 0 Å². The summed E-state index contributed by atoms with van der Waals surface area (Å²) in [5, 5.41) is 13.4. The Kier molecular flexibility index (Phi) is 4.19. The highest BCUT2D eigenvalue weighted by Gasteiger charge is 2.15. The molecule has 0 radical (unpaired) electrons. The first-order valence-electron chi connectivity index (χ1n) is 8.61. The maximum atomic E-state index is 12.6. The molecule has 4 nitrogen and oxygen atoms in total. The van der Waals surface area contributed by atoms with Crippen LogP contribution in [0.4, 0.5) is 0 Å². The molecule has 0 fully saturated rings.